The minimum atomic E-state index is -4.67. The van der Waals surface area contributed by atoms with Crippen molar-refractivity contribution in [2.45, 2.75) is 199 Å². The molecule has 1 amide bonds. The molecular formula is C44H85N2O7P. The fourth-order valence-electron chi connectivity index (χ4n) is 6.23. The normalized spacial score (nSPS) is 15.3. The summed E-state index contributed by atoms with van der Waals surface area (Å²) >= 11 is 0. The first-order valence-electron chi connectivity index (χ1n) is 21.9. The number of phosphoric ester groups is 1. The van der Waals surface area contributed by atoms with Gasteiger partial charge in [-0.25, -0.2) is 0 Å². The Bertz CT molecular complexity index is 998. The number of hydrogen-bond donors (Lipinski definition) is 3. The number of carbonyl (C=O) groups excluding carboxylic acids is 1. The lowest BCUT2D eigenvalue weighted by molar-refractivity contribution is -0.870. The third kappa shape index (κ3) is 36.3. The van der Waals surface area contributed by atoms with Crippen molar-refractivity contribution in [1.29, 1.82) is 0 Å². The van der Waals surface area contributed by atoms with Crippen LogP contribution in [0.2, 0.25) is 0 Å². The molecule has 0 aromatic heterocycles. The highest BCUT2D eigenvalue weighted by Crippen LogP contribution is 2.38. The van der Waals surface area contributed by atoms with Gasteiger partial charge < -0.3 is 34.0 Å². The van der Waals surface area contributed by atoms with Gasteiger partial charge in [0.15, 0.2) is 0 Å². The second-order valence-corrected chi connectivity index (χ2v) is 17.6. The number of amides is 1. The first-order chi connectivity index (χ1) is 25.9. The minimum absolute atomic E-state index is 0.0494. The predicted molar refractivity (Wildman–Crippen MR) is 225 cm³/mol. The third-order valence-electron chi connectivity index (χ3n) is 9.77. The molecule has 0 aromatic rings. The van der Waals surface area contributed by atoms with Gasteiger partial charge in [-0.05, 0) is 58.3 Å². The second kappa shape index (κ2) is 36.0. The van der Waals surface area contributed by atoms with E-state index in [1.165, 1.54) is 89.9 Å². The predicted octanol–water partition coefficient (Wildman–Crippen LogP) is 10.3. The molecule has 0 aliphatic carbocycles. The zero-order valence-corrected chi connectivity index (χ0v) is 36.4. The second-order valence-electron chi connectivity index (χ2n) is 16.2. The van der Waals surface area contributed by atoms with Crippen LogP contribution < -0.4 is 10.2 Å². The molecule has 0 heterocycles. The summed E-state index contributed by atoms with van der Waals surface area (Å²) in [4.78, 5) is 25.3. The summed E-state index contributed by atoms with van der Waals surface area (Å²) in [6, 6.07) is -1.09. The molecule has 0 spiro atoms. The molecule has 0 radical (unpaired) electrons. The summed E-state index contributed by atoms with van der Waals surface area (Å²) < 4.78 is 23.1. The molecule has 0 aromatic carbocycles. The molecule has 318 valence electrons. The van der Waals surface area contributed by atoms with E-state index in [1.54, 1.807) is 0 Å². The van der Waals surface area contributed by atoms with Crippen molar-refractivity contribution in [3.63, 3.8) is 0 Å². The number of aliphatic hydroxyl groups excluding tert-OH is 2. The van der Waals surface area contributed by atoms with E-state index in [4.69, 9.17) is 9.05 Å². The monoisotopic (exact) mass is 785 g/mol. The van der Waals surface area contributed by atoms with E-state index < -0.39 is 32.7 Å². The van der Waals surface area contributed by atoms with Crippen LogP contribution in [-0.2, 0) is 18.4 Å². The fourth-order valence-corrected chi connectivity index (χ4v) is 6.96. The average molecular weight is 785 g/mol. The standard InChI is InChI=1S/C44H85N2O7P/c1-6-8-10-12-14-16-18-20-21-22-23-24-25-27-29-31-33-35-37-43(48)45-41(40-53-54(50,51)52-39-38-46(3,4)5)44(49)42(47)36-34-32-30-28-26-19-17-15-13-11-9-7-2/h7,9,15,17,28,30,41-42,44,47,49H,6,8,10-14,16,18-27,29,31-40H2,1-5H3,(H-,45,48,50,51)/b9-7+,17-15+,30-28+. The van der Waals surface area contributed by atoms with Crippen LogP contribution in [-0.4, -0.2) is 79.8 Å². The average Bonchev–Trinajstić information content (AvgIpc) is 3.12. The smallest absolute Gasteiger partial charge is 0.268 e. The maximum Gasteiger partial charge on any atom is 0.268 e. The molecule has 54 heavy (non-hydrogen) atoms. The van der Waals surface area contributed by atoms with Gasteiger partial charge in [0.25, 0.3) is 7.82 Å². The molecule has 10 heteroatoms. The lowest BCUT2D eigenvalue weighted by atomic mass is 10.0. The SMILES string of the molecule is C/C=C/CC/C=C/CC/C=C/CCCC(O)C(O)C(COP(=O)([O-])OCC[N+](C)(C)C)NC(=O)CCCCCCCCCCCCCCCCCCCC. The Labute approximate surface area is 332 Å². The van der Waals surface area contributed by atoms with E-state index >= 15 is 0 Å². The molecular weight excluding hydrogens is 699 g/mol. The van der Waals surface area contributed by atoms with Gasteiger partial charge in [-0.2, -0.15) is 0 Å². The van der Waals surface area contributed by atoms with Crippen molar-refractivity contribution < 1.29 is 38.0 Å². The van der Waals surface area contributed by atoms with E-state index in [2.05, 4.69) is 48.7 Å². The number of likely N-dealkylation sites (N-methyl/N-ethyl adjacent to an activating group) is 1. The first-order valence-corrected chi connectivity index (χ1v) is 23.3. The van der Waals surface area contributed by atoms with Gasteiger partial charge in [-0.1, -0.05) is 153 Å². The van der Waals surface area contributed by atoms with E-state index in [1.807, 2.05) is 28.1 Å². The Morgan fingerprint density at radius 1 is 0.685 bits per heavy atom. The Morgan fingerprint density at radius 2 is 1.13 bits per heavy atom. The van der Waals surface area contributed by atoms with Crippen LogP contribution in [0.15, 0.2) is 36.5 Å². The Morgan fingerprint density at radius 3 is 1.59 bits per heavy atom. The highest BCUT2D eigenvalue weighted by Gasteiger charge is 2.29. The quantitative estimate of drug-likeness (QED) is 0.0245. The molecule has 0 fully saturated rings. The van der Waals surface area contributed by atoms with Crippen molar-refractivity contribution in [2.24, 2.45) is 0 Å². The Kier molecular flexibility index (Phi) is 35.2. The number of nitrogens with one attached hydrogen (secondary N) is 1. The van der Waals surface area contributed by atoms with E-state index in [0.29, 0.717) is 30.3 Å². The van der Waals surface area contributed by atoms with Gasteiger partial charge in [0.1, 0.15) is 19.3 Å². The number of rotatable bonds is 39. The van der Waals surface area contributed by atoms with Gasteiger partial charge in [0, 0.05) is 6.42 Å². The highest BCUT2D eigenvalue weighted by molar-refractivity contribution is 7.45. The fraction of sp³-hybridized carbons (Fsp3) is 0.841. The molecule has 0 aliphatic rings. The van der Waals surface area contributed by atoms with E-state index in [9.17, 15) is 24.5 Å². The van der Waals surface area contributed by atoms with Crippen molar-refractivity contribution in [3.8, 4) is 0 Å². The van der Waals surface area contributed by atoms with Crippen LogP contribution in [0.1, 0.15) is 181 Å². The van der Waals surface area contributed by atoms with Crippen LogP contribution in [0.25, 0.3) is 0 Å². The number of carbonyl (C=O) groups is 1. The molecule has 9 nitrogen and oxygen atoms in total. The van der Waals surface area contributed by atoms with Crippen LogP contribution >= 0.6 is 7.82 Å². The maximum atomic E-state index is 12.9. The van der Waals surface area contributed by atoms with Crippen molar-refractivity contribution in [2.75, 3.05) is 40.9 Å². The summed E-state index contributed by atoms with van der Waals surface area (Å²) in [7, 11) is 1.09. The van der Waals surface area contributed by atoms with Crippen molar-refractivity contribution in [3.05, 3.63) is 36.5 Å². The summed E-state index contributed by atoms with van der Waals surface area (Å²) in [6.45, 7) is 4.19. The number of quaternary nitrogens is 1. The van der Waals surface area contributed by atoms with E-state index in [0.717, 1.165) is 51.4 Å². The number of allylic oxidation sites excluding steroid dienone is 6. The molecule has 4 unspecified atom stereocenters. The molecule has 0 aliphatic heterocycles. The van der Waals surface area contributed by atoms with E-state index in [-0.39, 0.29) is 18.9 Å². The summed E-state index contributed by atoms with van der Waals surface area (Å²) in [5.74, 6) is -0.295. The summed E-state index contributed by atoms with van der Waals surface area (Å²) in [5.41, 5.74) is 0. The summed E-state index contributed by atoms with van der Waals surface area (Å²) in [6.07, 6.45) is 39.1. The Balaban J connectivity index is 4.50. The number of aliphatic hydroxyl groups is 2. The zero-order chi connectivity index (χ0) is 40.2. The topological polar surface area (TPSA) is 128 Å². The van der Waals surface area contributed by atoms with Gasteiger partial charge in [0.05, 0.1) is 39.9 Å². The lowest BCUT2D eigenvalue weighted by Crippen LogP contribution is -2.51. The van der Waals surface area contributed by atoms with Crippen LogP contribution in [0.5, 0.6) is 0 Å². The maximum absolute atomic E-state index is 12.9. The van der Waals surface area contributed by atoms with Crippen molar-refractivity contribution in [1.82, 2.24) is 5.32 Å². The minimum Gasteiger partial charge on any atom is -0.756 e. The Hall–Kier alpha value is -1.32. The van der Waals surface area contributed by atoms with Crippen LogP contribution in [0, 0.1) is 0 Å². The molecule has 0 bridgehead atoms. The zero-order valence-electron chi connectivity index (χ0n) is 35.5. The third-order valence-corrected chi connectivity index (χ3v) is 10.7. The molecule has 0 saturated heterocycles. The number of hydrogen-bond acceptors (Lipinski definition) is 7. The van der Waals surface area contributed by atoms with Gasteiger partial charge in [-0.15, -0.1) is 0 Å². The molecule has 3 N–H and O–H groups in total. The van der Waals surface area contributed by atoms with Crippen LogP contribution in [0.4, 0.5) is 0 Å². The van der Waals surface area contributed by atoms with Crippen LogP contribution in [0.3, 0.4) is 0 Å². The van der Waals surface area contributed by atoms with Gasteiger partial charge in [0.2, 0.25) is 5.91 Å². The van der Waals surface area contributed by atoms with Crippen molar-refractivity contribution >= 4 is 13.7 Å². The summed E-state index contributed by atoms with van der Waals surface area (Å²) in [5, 5.41) is 24.5. The van der Waals surface area contributed by atoms with Gasteiger partial charge in [-0.3, -0.25) is 9.36 Å². The largest absolute Gasteiger partial charge is 0.756 e. The lowest BCUT2D eigenvalue weighted by Gasteiger charge is -2.31. The molecule has 4 atom stereocenters. The number of nitrogens with zero attached hydrogens (tertiary/aromatic N) is 1. The highest BCUT2D eigenvalue weighted by atomic mass is 31.2. The van der Waals surface area contributed by atoms with Gasteiger partial charge >= 0.3 is 0 Å². The number of unbranched alkanes of at least 4 members (excludes halogenated alkanes) is 20. The molecule has 0 saturated carbocycles. The molecule has 0 rings (SSSR count). The first kappa shape index (κ1) is 52.7. The number of phosphoric acid groups is 1.